The van der Waals surface area contributed by atoms with Crippen molar-refractivity contribution >= 4 is 33.9 Å². The number of hydrogen-bond acceptors (Lipinski definition) is 6. The first-order valence-corrected chi connectivity index (χ1v) is 12.1. The summed E-state index contributed by atoms with van der Waals surface area (Å²) in [7, 11) is 1.49. The van der Waals surface area contributed by atoms with Gasteiger partial charge in [-0.1, -0.05) is 0 Å². The summed E-state index contributed by atoms with van der Waals surface area (Å²) >= 11 is 0. The van der Waals surface area contributed by atoms with E-state index in [2.05, 4.69) is 30.6 Å². The smallest absolute Gasteiger partial charge is 0.256 e. The number of fused-ring (bicyclic) bond motifs is 2. The van der Waals surface area contributed by atoms with Crippen LogP contribution < -0.4 is 15.4 Å². The topological polar surface area (TPSA) is 110 Å². The van der Waals surface area contributed by atoms with Crippen molar-refractivity contribution in [2.75, 3.05) is 12.4 Å². The van der Waals surface area contributed by atoms with Gasteiger partial charge < -0.3 is 24.9 Å². The Hall–Kier alpha value is -3.83. The monoisotopic (exact) mass is 515 g/mol. The highest BCUT2D eigenvalue weighted by atomic mass is 19.3. The standard InChI is InChI=1S/C25H28F3N7O2/c1-12-30-22-18(26)8-14(9-19(22)35(12)11-20(27)28)17-10-29-23-21(17)24(37-3)34-25(33-23)32-16-6-4-15(5-7-16)31-13(2)36/h8-10,15-16,20H,4-7,11H2,1-3H3,(H,31,36)(H2,29,32,33,34). The van der Waals surface area contributed by atoms with Crippen LogP contribution in [0, 0.1) is 12.7 Å². The number of aryl methyl sites for hydroxylation is 1. The van der Waals surface area contributed by atoms with Crippen LogP contribution in [-0.2, 0) is 11.3 Å². The Morgan fingerprint density at radius 1 is 1.19 bits per heavy atom. The van der Waals surface area contributed by atoms with Crippen LogP contribution in [0.3, 0.4) is 0 Å². The van der Waals surface area contributed by atoms with Crippen molar-refractivity contribution in [3.63, 3.8) is 0 Å². The molecular formula is C25H28F3N7O2. The van der Waals surface area contributed by atoms with Gasteiger partial charge in [-0.2, -0.15) is 9.97 Å². The second-order valence-electron chi connectivity index (χ2n) is 9.36. The number of anilines is 1. The Morgan fingerprint density at radius 2 is 1.92 bits per heavy atom. The Balaban J connectivity index is 1.47. The fourth-order valence-electron chi connectivity index (χ4n) is 5.11. The number of carbonyl (C=O) groups is 1. The second-order valence-corrected chi connectivity index (χ2v) is 9.36. The molecule has 3 aromatic heterocycles. The maximum atomic E-state index is 15.0. The summed E-state index contributed by atoms with van der Waals surface area (Å²) < 4.78 is 48.2. The van der Waals surface area contributed by atoms with Gasteiger partial charge in [-0.25, -0.2) is 18.2 Å². The SMILES string of the molecule is COc1nc(NC2CCC(NC(C)=O)CC2)nc2[nH]cc(-c3cc(F)c4nc(C)n(CC(F)F)c4c3)c12. The minimum atomic E-state index is -2.60. The third-order valence-corrected chi connectivity index (χ3v) is 6.79. The molecule has 196 valence electrons. The van der Waals surface area contributed by atoms with E-state index in [0.717, 1.165) is 25.7 Å². The Labute approximate surface area is 210 Å². The average molecular weight is 516 g/mol. The molecule has 5 rings (SSSR count). The molecular weight excluding hydrogens is 487 g/mol. The van der Waals surface area contributed by atoms with Gasteiger partial charge in [-0.3, -0.25) is 4.79 Å². The first-order chi connectivity index (χ1) is 17.7. The van der Waals surface area contributed by atoms with Crippen molar-refractivity contribution < 1.29 is 22.7 Å². The Bertz CT molecular complexity index is 1460. The number of nitrogens with zero attached hydrogens (tertiary/aromatic N) is 4. The lowest BCUT2D eigenvalue weighted by Gasteiger charge is -2.29. The highest BCUT2D eigenvalue weighted by Gasteiger charge is 2.24. The number of imidazole rings is 1. The molecule has 1 aliphatic carbocycles. The van der Waals surface area contributed by atoms with E-state index in [0.29, 0.717) is 39.8 Å². The van der Waals surface area contributed by atoms with E-state index >= 15 is 4.39 Å². The number of nitrogens with one attached hydrogen (secondary N) is 3. The van der Waals surface area contributed by atoms with Crippen LogP contribution in [0.1, 0.15) is 38.4 Å². The van der Waals surface area contributed by atoms with Gasteiger partial charge in [0.05, 0.1) is 24.6 Å². The molecule has 4 aromatic rings. The molecule has 0 aliphatic heterocycles. The van der Waals surface area contributed by atoms with Crippen LogP contribution in [0.15, 0.2) is 18.3 Å². The zero-order valence-corrected chi connectivity index (χ0v) is 20.7. The lowest BCUT2D eigenvalue weighted by atomic mass is 9.91. The maximum absolute atomic E-state index is 15.0. The number of hydrogen-bond donors (Lipinski definition) is 3. The average Bonchev–Trinajstić information content (AvgIpc) is 3.41. The first kappa shape index (κ1) is 24.8. The van der Waals surface area contributed by atoms with E-state index < -0.39 is 18.8 Å². The van der Waals surface area contributed by atoms with Crippen LogP contribution in [0.5, 0.6) is 5.88 Å². The number of benzene rings is 1. The molecule has 0 unspecified atom stereocenters. The third-order valence-electron chi connectivity index (χ3n) is 6.79. The van der Waals surface area contributed by atoms with Gasteiger partial charge in [0.15, 0.2) is 5.82 Å². The number of aromatic nitrogens is 5. The zero-order valence-electron chi connectivity index (χ0n) is 20.7. The minimum absolute atomic E-state index is 0.0230. The largest absolute Gasteiger partial charge is 0.480 e. The highest BCUT2D eigenvalue weighted by Crippen LogP contribution is 2.37. The van der Waals surface area contributed by atoms with E-state index in [4.69, 9.17) is 4.74 Å². The molecule has 3 heterocycles. The van der Waals surface area contributed by atoms with Crippen molar-refractivity contribution in [1.29, 1.82) is 0 Å². The van der Waals surface area contributed by atoms with Crippen molar-refractivity contribution in [3.8, 4) is 17.0 Å². The molecule has 37 heavy (non-hydrogen) atoms. The number of aromatic amines is 1. The van der Waals surface area contributed by atoms with Crippen molar-refractivity contribution in [2.24, 2.45) is 0 Å². The van der Waals surface area contributed by atoms with Gasteiger partial charge >= 0.3 is 0 Å². The number of methoxy groups -OCH3 is 1. The zero-order chi connectivity index (χ0) is 26.3. The predicted octanol–water partition coefficient (Wildman–Crippen LogP) is 4.56. The normalized spacial score (nSPS) is 18.0. The van der Waals surface area contributed by atoms with Gasteiger partial charge in [0.2, 0.25) is 17.7 Å². The van der Waals surface area contributed by atoms with Gasteiger partial charge in [-0.05, 0) is 50.3 Å². The second kappa shape index (κ2) is 9.91. The van der Waals surface area contributed by atoms with Crippen LogP contribution in [0.2, 0.25) is 0 Å². The molecule has 1 fully saturated rings. The maximum Gasteiger partial charge on any atom is 0.256 e. The lowest BCUT2D eigenvalue weighted by Crippen LogP contribution is -2.39. The molecule has 12 heteroatoms. The molecule has 3 N–H and O–H groups in total. The van der Waals surface area contributed by atoms with Crippen LogP contribution in [-0.4, -0.2) is 56.0 Å². The number of carbonyl (C=O) groups excluding carboxylic acids is 1. The Kier molecular flexibility index (Phi) is 6.65. The number of alkyl halides is 2. The molecule has 0 radical (unpaired) electrons. The van der Waals surface area contributed by atoms with Gasteiger partial charge in [-0.15, -0.1) is 0 Å². The quantitative estimate of drug-likeness (QED) is 0.333. The summed E-state index contributed by atoms with van der Waals surface area (Å²) in [5.74, 6) is 0.380. The molecule has 0 atom stereocenters. The van der Waals surface area contributed by atoms with E-state index in [1.54, 1.807) is 19.2 Å². The summed E-state index contributed by atoms with van der Waals surface area (Å²) in [6.45, 7) is 2.52. The van der Waals surface area contributed by atoms with Crippen LogP contribution >= 0.6 is 0 Å². The first-order valence-electron chi connectivity index (χ1n) is 12.1. The van der Waals surface area contributed by atoms with Crippen molar-refractivity contribution in [3.05, 3.63) is 30.0 Å². The van der Waals surface area contributed by atoms with Crippen molar-refractivity contribution in [2.45, 2.75) is 64.6 Å². The summed E-state index contributed by atoms with van der Waals surface area (Å²) in [4.78, 5) is 27.7. The van der Waals surface area contributed by atoms with Gasteiger partial charge in [0, 0.05) is 30.8 Å². The third kappa shape index (κ3) is 4.92. The van der Waals surface area contributed by atoms with E-state index in [-0.39, 0.29) is 29.0 Å². The number of H-pyrrole nitrogens is 1. The van der Waals surface area contributed by atoms with E-state index in [1.807, 2.05) is 0 Å². The molecule has 1 aromatic carbocycles. The summed E-state index contributed by atoms with van der Waals surface area (Å²) in [5, 5.41) is 6.87. The van der Waals surface area contributed by atoms with E-state index in [1.165, 1.54) is 24.7 Å². The summed E-state index contributed by atoms with van der Waals surface area (Å²) in [6.07, 6.45) is 2.50. The molecule has 0 bridgehead atoms. The fourth-order valence-corrected chi connectivity index (χ4v) is 5.11. The number of amides is 1. The van der Waals surface area contributed by atoms with Crippen LogP contribution in [0.25, 0.3) is 33.2 Å². The summed E-state index contributed by atoms with van der Waals surface area (Å²) in [6, 6.07) is 3.29. The van der Waals surface area contributed by atoms with Crippen molar-refractivity contribution in [1.82, 2.24) is 29.8 Å². The van der Waals surface area contributed by atoms with E-state index in [9.17, 15) is 13.6 Å². The van der Waals surface area contributed by atoms with Gasteiger partial charge in [0.1, 0.15) is 17.0 Å². The molecule has 9 nitrogen and oxygen atoms in total. The lowest BCUT2D eigenvalue weighted by molar-refractivity contribution is -0.119. The fraction of sp³-hybridized carbons (Fsp3) is 0.440. The highest BCUT2D eigenvalue weighted by molar-refractivity contribution is 5.99. The molecule has 1 aliphatic rings. The molecule has 0 spiro atoms. The molecule has 1 saturated carbocycles. The van der Waals surface area contributed by atoms with Gasteiger partial charge in [0.25, 0.3) is 6.43 Å². The molecule has 1 amide bonds. The minimum Gasteiger partial charge on any atom is -0.480 e. The number of ether oxygens (including phenoxy) is 1. The molecule has 0 saturated heterocycles. The van der Waals surface area contributed by atoms with Crippen LogP contribution in [0.4, 0.5) is 19.1 Å². The summed E-state index contributed by atoms with van der Waals surface area (Å²) in [5.41, 5.74) is 1.87. The number of rotatable bonds is 7. The predicted molar refractivity (Wildman–Crippen MR) is 133 cm³/mol. The number of halogens is 3. The Morgan fingerprint density at radius 3 is 2.59 bits per heavy atom.